The lowest BCUT2D eigenvalue weighted by atomic mass is 10.1. The van der Waals surface area contributed by atoms with E-state index in [4.69, 9.17) is 30.9 Å². The highest BCUT2D eigenvalue weighted by Gasteiger charge is 2.19. The van der Waals surface area contributed by atoms with Crippen molar-refractivity contribution in [2.45, 2.75) is 38.5 Å². The summed E-state index contributed by atoms with van der Waals surface area (Å²) in [5.41, 5.74) is 8.65. The number of hydrogen-bond donors (Lipinski definition) is 3. The van der Waals surface area contributed by atoms with Crippen LogP contribution in [0.1, 0.15) is 38.5 Å². The second-order valence-electron chi connectivity index (χ2n) is 6.72. The summed E-state index contributed by atoms with van der Waals surface area (Å²) in [6.45, 7) is 1.89. The number of hydrogen-bond acceptors (Lipinski definition) is 7. The second-order valence-corrected chi connectivity index (χ2v) is 6.98. The molecule has 0 bridgehead atoms. The Morgan fingerprint density at radius 1 is 1.03 bits per heavy atom. The Morgan fingerprint density at radius 2 is 1.69 bits per heavy atom. The van der Waals surface area contributed by atoms with E-state index in [9.17, 15) is 4.79 Å². The molecule has 0 fully saturated rings. The number of halogens is 1. The average molecular weight is 421 g/mol. The minimum Gasteiger partial charge on any atom is -0.492 e. The molecule has 29 heavy (non-hydrogen) atoms. The molecule has 9 heteroatoms. The lowest BCUT2D eigenvalue weighted by Crippen LogP contribution is -2.24. The third kappa shape index (κ3) is 5.27. The number of furan rings is 2. The van der Waals surface area contributed by atoms with Crippen molar-refractivity contribution in [1.82, 2.24) is 10.2 Å². The van der Waals surface area contributed by atoms with Gasteiger partial charge in [-0.2, -0.15) is 5.11 Å². The molecule has 0 spiro atoms. The molecule has 3 N–H and O–H groups in total. The predicted molar refractivity (Wildman–Crippen MR) is 111 cm³/mol. The summed E-state index contributed by atoms with van der Waals surface area (Å²) in [4.78, 5) is 14.6. The molecule has 2 heterocycles. The van der Waals surface area contributed by atoms with Crippen LogP contribution in [0.15, 0.2) is 38.6 Å². The molecule has 156 valence electrons. The summed E-state index contributed by atoms with van der Waals surface area (Å²) < 4.78 is 16.9. The zero-order valence-corrected chi connectivity index (χ0v) is 16.9. The van der Waals surface area contributed by atoms with Crippen LogP contribution in [0.25, 0.3) is 21.9 Å². The molecule has 0 aliphatic heterocycles. The monoisotopic (exact) mass is 420 g/mol. The normalized spacial score (nSPS) is 11.2. The Balaban J connectivity index is 1.46. The summed E-state index contributed by atoms with van der Waals surface area (Å²) in [6, 6.07) is 3.56. The maximum absolute atomic E-state index is 12.0. The van der Waals surface area contributed by atoms with Crippen LogP contribution in [-0.4, -0.2) is 25.6 Å². The van der Waals surface area contributed by atoms with Crippen LogP contribution in [0.2, 0.25) is 0 Å². The molecule has 0 aliphatic rings. The van der Waals surface area contributed by atoms with Crippen molar-refractivity contribution in [2.75, 3.05) is 19.7 Å². The van der Waals surface area contributed by atoms with Gasteiger partial charge < -0.3 is 18.9 Å². The van der Waals surface area contributed by atoms with Crippen molar-refractivity contribution in [1.29, 1.82) is 5.53 Å². The first kappa shape index (κ1) is 21.1. The van der Waals surface area contributed by atoms with Crippen molar-refractivity contribution in [3.8, 4) is 5.75 Å². The molecular weight excluding hydrogens is 396 g/mol. The van der Waals surface area contributed by atoms with Crippen LogP contribution >= 0.6 is 11.8 Å². The van der Waals surface area contributed by atoms with Gasteiger partial charge in [0.1, 0.15) is 5.75 Å². The Kier molecular flexibility index (Phi) is 7.89. The Bertz CT molecular complexity index is 901. The average Bonchev–Trinajstić information content (AvgIpc) is 3.39. The molecular formula is C20H25ClN4O4. The lowest BCUT2D eigenvalue weighted by Gasteiger charge is -2.10. The predicted octanol–water partition coefficient (Wildman–Crippen LogP) is 5.42. The van der Waals surface area contributed by atoms with Gasteiger partial charge in [-0.15, -0.1) is 0 Å². The molecule has 1 amide bonds. The van der Waals surface area contributed by atoms with E-state index in [1.165, 1.54) is 12.5 Å². The van der Waals surface area contributed by atoms with E-state index >= 15 is 0 Å². The van der Waals surface area contributed by atoms with E-state index in [-0.39, 0.29) is 5.91 Å². The number of unbranched alkanes of at least 4 members (excludes halogenated alkanes) is 3. The molecule has 0 radical (unpaired) electrons. The van der Waals surface area contributed by atoms with Gasteiger partial charge in [-0.05, 0) is 43.2 Å². The van der Waals surface area contributed by atoms with Gasteiger partial charge in [-0.1, -0.05) is 12.8 Å². The van der Waals surface area contributed by atoms with Crippen molar-refractivity contribution in [2.24, 2.45) is 5.11 Å². The first-order valence-corrected chi connectivity index (χ1v) is 10.1. The number of amides is 1. The second kappa shape index (κ2) is 10.8. The number of nitrogens with zero attached hydrogens (tertiary/aromatic N) is 1. The van der Waals surface area contributed by atoms with E-state index in [0.29, 0.717) is 48.6 Å². The number of carbonyl (C=O) groups excluding carboxylic acids is 1. The molecule has 1 aromatic carbocycles. The van der Waals surface area contributed by atoms with Gasteiger partial charge in [-0.25, -0.2) is 10.4 Å². The molecule has 2 aromatic heterocycles. The highest BCUT2D eigenvalue weighted by Crippen LogP contribution is 2.43. The lowest BCUT2D eigenvalue weighted by molar-refractivity contribution is -0.121. The molecule has 0 unspecified atom stereocenters. The summed E-state index contributed by atoms with van der Waals surface area (Å²) in [6.07, 6.45) is 8.24. The summed E-state index contributed by atoms with van der Waals surface area (Å²) >= 11 is 5.40. The molecule has 0 saturated heterocycles. The maximum atomic E-state index is 12.0. The van der Waals surface area contributed by atoms with Crippen LogP contribution in [0, 0.1) is 5.53 Å². The van der Waals surface area contributed by atoms with Gasteiger partial charge in [0.05, 0.1) is 29.9 Å². The number of fused-ring (bicyclic) bond motifs is 2. The smallest absolute Gasteiger partial charge is 0.220 e. The molecule has 3 rings (SSSR count). The highest BCUT2D eigenvalue weighted by atomic mass is 35.5. The fourth-order valence-electron chi connectivity index (χ4n) is 3.24. The van der Waals surface area contributed by atoms with E-state index in [1.807, 2.05) is 0 Å². The summed E-state index contributed by atoms with van der Waals surface area (Å²) in [5.74, 6) is 0.651. The maximum Gasteiger partial charge on any atom is 0.220 e. The van der Waals surface area contributed by atoms with Gasteiger partial charge in [0.25, 0.3) is 0 Å². The molecule has 0 aliphatic carbocycles. The zero-order valence-electron chi connectivity index (χ0n) is 16.1. The Morgan fingerprint density at radius 3 is 2.31 bits per heavy atom. The Hall–Kier alpha value is -2.58. The van der Waals surface area contributed by atoms with Crippen molar-refractivity contribution < 1.29 is 18.4 Å². The topological polar surface area (TPSA) is 113 Å². The van der Waals surface area contributed by atoms with Crippen LogP contribution < -0.4 is 14.9 Å². The van der Waals surface area contributed by atoms with E-state index in [0.717, 1.165) is 43.0 Å². The highest BCUT2D eigenvalue weighted by molar-refractivity contribution is 6.13. The Labute approximate surface area is 173 Å². The fraction of sp³-hybridized carbons (Fsp3) is 0.450. The number of benzene rings is 1. The largest absolute Gasteiger partial charge is 0.492 e. The molecule has 3 aromatic rings. The number of ether oxygens (including phenoxy) is 1. The van der Waals surface area contributed by atoms with Crippen molar-refractivity contribution in [3.63, 3.8) is 0 Å². The minimum atomic E-state index is 0.0290. The van der Waals surface area contributed by atoms with Gasteiger partial charge in [0.2, 0.25) is 5.91 Å². The van der Waals surface area contributed by atoms with Gasteiger partial charge in [-0.3, -0.25) is 4.79 Å². The van der Waals surface area contributed by atoms with Crippen molar-refractivity contribution >= 4 is 45.3 Å². The molecule has 8 nitrogen and oxygen atoms in total. The quantitative estimate of drug-likeness (QED) is 0.194. The number of rotatable bonds is 13. The van der Waals surface area contributed by atoms with Crippen LogP contribution in [-0.2, 0) is 4.79 Å². The van der Waals surface area contributed by atoms with Crippen LogP contribution in [0.3, 0.4) is 0 Å². The summed E-state index contributed by atoms with van der Waals surface area (Å²) in [5, 5.41) is 7.94. The first-order valence-electron chi connectivity index (χ1n) is 9.77. The van der Waals surface area contributed by atoms with Crippen LogP contribution in [0.4, 0.5) is 5.69 Å². The zero-order chi connectivity index (χ0) is 20.5. The first-order chi connectivity index (χ1) is 14.3. The number of nitrogens with one attached hydrogen (secondary N) is 3. The van der Waals surface area contributed by atoms with E-state index in [1.54, 1.807) is 12.1 Å². The van der Waals surface area contributed by atoms with E-state index in [2.05, 4.69) is 15.3 Å². The number of carbonyl (C=O) groups is 1. The minimum absolute atomic E-state index is 0.0290. The third-order valence-corrected chi connectivity index (χ3v) is 4.87. The fourth-order valence-corrected chi connectivity index (χ4v) is 3.38. The molecule has 0 atom stereocenters. The van der Waals surface area contributed by atoms with Gasteiger partial charge in [0, 0.05) is 19.5 Å². The van der Waals surface area contributed by atoms with Gasteiger partial charge >= 0.3 is 0 Å². The van der Waals surface area contributed by atoms with Gasteiger partial charge in [0.15, 0.2) is 16.9 Å². The van der Waals surface area contributed by atoms with Crippen LogP contribution in [0.5, 0.6) is 5.75 Å². The third-order valence-electron chi connectivity index (χ3n) is 4.68. The van der Waals surface area contributed by atoms with E-state index < -0.39 is 0 Å². The standard InChI is InChI=1S/C20H25ClN4O4/c21-24-10-4-2-1-3-9-23-16(26)6-5-11-27-18-14-7-12-28-19(14)17(25-22)20-15(18)8-13-29-20/h7-8,12-13,22,24H,1-6,9-11H2,(H,23,26). The SMILES string of the molecule is N=Nc1c2occc2c(OCCCC(=O)NCCCCCCNCl)c2ccoc12. The molecule has 0 saturated carbocycles. The van der Waals surface area contributed by atoms with Crippen molar-refractivity contribution in [3.05, 3.63) is 24.7 Å². The summed E-state index contributed by atoms with van der Waals surface area (Å²) in [7, 11) is 0.